The first-order valence-corrected chi connectivity index (χ1v) is 8.71. The van der Waals surface area contributed by atoms with Crippen molar-refractivity contribution in [1.29, 1.82) is 0 Å². The number of hydrogen-bond acceptors (Lipinski definition) is 2. The third-order valence-corrected chi connectivity index (χ3v) is 3.99. The SMILES string of the molecule is C=C[C@H](O)[C@H](O)CCCCCCCCCCCCCC. The van der Waals surface area contributed by atoms with Gasteiger partial charge in [0.05, 0.1) is 12.2 Å². The molecule has 0 aliphatic rings. The highest BCUT2D eigenvalue weighted by Crippen LogP contribution is 2.13. The van der Waals surface area contributed by atoms with Crippen molar-refractivity contribution < 1.29 is 10.2 Å². The van der Waals surface area contributed by atoms with E-state index in [1.807, 2.05) is 0 Å². The fourth-order valence-corrected chi connectivity index (χ4v) is 2.52. The fourth-order valence-electron chi connectivity index (χ4n) is 2.52. The van der Waals surface area contributed by atoms with Crippen LogP contribution in [0, 0.1) is 0 Å². The Hall–Kier alpha value is -0.340. The van der Waals surface area contributed by atoms with Gasteiger partial charge in [0, 0.05) is 0 Å². The lowest BCUT2D eigenvalue weighted by Gasteiger charge is -2.13. The number of aliphatic hydroxyl groups is 2. The molecule has 0 aromatic carbocycles. The molecule has 2 heteroatoms. The van der Waals surface area contributed by atoms with E-state index in [9.17, 15) is 10.2 Å². The van der Waals surface area contributed by atoms with Crippen LogP contribution in [0.3, 0.4) is 0 Å². The molecule has 0 aliphatic heterocycles. The van der Waals surface area contributed by atoms with Crippen LogP contribution < -0.4 is 0 Å². The zero-order valence-electron chi connectivity index (χ0n) is 13.5. The minimum absolute atomic E-state index is 0.629. The number of unbranched alkanes of at least 4 members (excludes halogenated alkanes) is 11. The molecule has 2 nitrogen and oxygen atoms in total. The lowest BCUT2D eigenvalue weighted by Crippen LogP contribution is -2.23. The van der Waals surface area contributed by atoms with Crippen LogP contribution in [0.25, 0.3) is 0 Å². The Labute approximate surface area is 126 Å². The van der Waals surface area contributed by atoms with E-state index in [2.05, 4.69) is 13.5 Å². The van der Waals surface area contributed by atoms with Gasteiger partial charge in [0.2, 0.25) is 0 Å². The molecule has 2 atom stereocenters. The van der Waals surface area contributed by atoms with Crippen LogP contribution in [0.1, 0.15) is 90.4 Å². The summed E-state index contributed by atoms with van der Waals surface area (Å²) in [6.07, 6.45) is 16.5. The van der Waals surface area contributed by atoms with E-state index < -0.39 is 12.2 Å². The van der Waals surface area contributed by atoms with E-state index in [1.54, 1.807) is 0 Å². The zero-order chi connectivity index (χ0) is 15.1. The van der Waals surface area contributed by atoms with E-state index in [0.29, 0.717) is 6.42 Å². The average Bonchev–Trinajstić information content (AvgIpc) is 2.47. The summed E-state index contributed by atoms with van der Waals surface area (Å²) in [5.74, 6) is 0. The van der Waals surface area contributed by atoms with Gasteiger partial charge >= 0.3 is 0 Å². The summed E-state index contributed by atoms with van der Waals surface area (Å²) in [6.45, 7) is 5.74. The molecule has 0 radical (unpaired) electrons. The number of aliphatic hydroxyl groups excluding tert-OH is 2. The van der Waals surface area contributed by atoms with Gasteiger partial charge in [-0.25, -0.2) is 0 Å². The van der Waals surface area contributed by atoms with Gasteiger partial charge in [-0.2, -0.15) is 0 Å². The van der Waals surface area contributed by atoms with Gasteiger partial charge in [-0.05, 0) is 6.42 Å². The average molecular weight is 284 g/mol. The topological polar surface area (TPSA) is 40.5 Å². The van der Waals surface area contributed by atoms with E-state index in [1.165, 1.54) is 70.3 Å². The first-order valence-electron chi connectivity index (χ1n) is 8.71. The number of rotatable bonds is 15. The van der Waals surface area contributed by atoms with E-state index in [0.717, 1.165) is 12.8 Å². The number of hydrogen-bond donors (Lipinski definition) is 2. The molecule has 0 rings (SSSR count). The van der Waals surface area contributed by atoms with Gasteiger partial charge in [-0.1, -0.05) is 90.0 Å². The van der Waals surface area contributed by atoms with E-state index in [-0.39, 0.29) is 0 Å². The maximum Gasteiger partial charge on any atom is 0.0977 e. The molecule has 0 aromatic heterocycles. The van der Waals surface area contributed by atoms with Gasteiger partial charge in [0.15, 0.2) is 0 Å². The third-order valence-electron chi connectivity index (χ3n) is 3.99. The molecule has 2 N–H and O–H groups in total. The lowest BCUT2D eigenvalue weighted by molar-refractivity contribution is 0.0416. The molecule has 20 heavy (non-hydrogen) atoms. The van der Waals surface area contributed by atoms with Gasteiger partial charge in [0.25, 0.3) is 0 Å². The van der Waals surface area contributed by atoms with E-state index >= 15 is 0 Å². The lowest BCUT2D eigenvalue weighted by atomic mass is 10.0. The molecule has 0 aromatic rings. The standard InChI is InChI=1S/C18H36O2/c1-3-5-6-7-8-9-10-11-12-13-14-15-16-18(20)17(19)4-2/h4,17-20H,2-3,5-16H2,1H3/t17-,18+/m0/s1. The first kappa shape index (κ1) is 19.7. The maximum atomic E-state index is 9.56. The van der Waals surface area contributed by atoms with Crippen LogP contribution in [-0.2, 0) is 0 Å². The molecular formula is C18H36O2. The molecule has 0 amide bonds. The second-order valence-corrected chi connectivity index (χ2v) is 5.97. The Bertz CT molecular complexity index is 204. The summed E-state index contributed by atoms with van der Waals surface area (Å²) in [6, 6.07) is 0. The molecule has 0 fully saturated rings. The van der Waals surface area contributed by atoms with Gasteiger partial charge in [-0.15, -0.1) is 6.58 Å². The van der Waals surface area contributed by atoms with Crippen molar-refractivity contribution in [2.75, 3.05) is 0 Å². The van der Waals surface area contributed by atoms with Crippen molar-refractivity contribution in [2.45, 2.75) is 103 Å². The second kappa shape index (κ2) is 15.1. The quantitative estimate of drug-likeness (QED) is 0.329. The van der Waals surface area contributed by atoms with Gasteiger partial charge < -0.3 is 10.2 Å². The van der Waals surface area contributed by atoms with Crippen molar-refractivity contribution in [2.24, 2.45) is 0 Å². The van der Waals surface area contributed by atoms with Crippen molar-refractivity contribution in [1.82, 2.24) is 0 Å². The van der Waals surface area contributed by atoms with E-state index in [4.69, 9.17) is 0 Å². The second-order valence-electron chi connectivity index (χ2n) is 5.97. The summed E-state index contributed by atoms with van der Waals surface area (Å²) in [7, 11) is 0. The first-order chi connectivity index (χ1) is 9.72. The minimum Gasteiger partial charge on any atom is -0.390 e. The maximum absolute atomic E-state index is 9.56. The zero-order valence-corrected chi connectivity index (χ0v) is 13.5. The Morgan fingerprint density at radius 3 is 1.55 bits per heavy atom. The van der Waals surface area contributed by atoms with Gasteiger partial charge in [0.1, 0.15) is 0 Å². The van der Waals surface area contributed by atoms with Crippen LogP contribution in [-0.4, -0.2) is 22.4 Å². The summed E-state index contributed by atoms with van der Waals surface area (Å²) in [5.41, 5.74) is 0. The molecule has 0 spiro atoms. The normalized spacial score (nSPS) is 14.2. The van der Waals surface area contributed by atoms with Crippen LogP contribution in [0.2, 0.25) is 0 Å². The minimum atomic E-state index is -0.761. The Kier molecular flexibility index (Phi) is 14.8. The highest BCUT2D eigenvalue weighted by Gasteiger charge is 2.11. The molecule has 0 saturated carbocycles. The largest absolute Gasteiger partial charge is 0.390 e. The highest BCUT2D eigenvalue weighted by molar-refractivity contribution is 4.83. The van der Waals surface area contributed by atoms with Gasteiger partial charge in [-0.3, -0.25) is 0 Å². The predicted molar refractivity (Wildman–Crippen MR) is 87.9 cm³/mol. The molecule has 0 saturated heterocycles. The molecule has 0 unspecified atom stereocenters. The van der Waals surface area contributed by atoms with Crippen molar-refractivity contribution in [3.05, 3.63) is 12.7 Å². The van der Waals surface area contributed by atoms with Crippen LogP contribution >= 0.6 is 0 Å². The van der Waals surface area contributed by atoms with Crippen LogP contribution in [0.5, 0.6) is 0 Å². The molecule has 0 aliphatic carbocycles. The predicted octanol–water partition coefficient (Wildman–Crippen LogP) is 4.99. The summed E-state index contributed by atoms with van der Waals surface area (Å²) in [4.78, 5) is 0. The Morgan fingerprint density at radius 2 is 1.15 bits per heavy atom. The van der Waals surface area contributed by atoms with Crippen molar-refractivity contribution >= 4 is 0 Å². The Morgan fingerprint density at radius 1 is 0.750 bits per heavy atom. The molecular weight excluding hydrogens is 248 g/mol. The summed E-state index contributed by atoms with van der Waals surface area (Å²) >= 11 is 0. The Balaban J connectivity index is 3.11. The highest BCUT2D eigenvalue weighted by atomic mass is 16.3. The summed E-state index contributed by atoms with van der Waals surface area (Å²) < 4.78 is 0. The van der Waals surface area contributed by atoms with Crippen LogP contribution in [0.15, 0.2) is 12.7 Å². The van der Waals surface area contributed by atoms with Crippen molar-refractivity contribution in [3.8, 4) is 0 Å². The monoisotopic (exact) mass is 284 g/mol. The van der Waals surface area contributed by atoms with Crippen molar-refractivity contribution in [3.63, 3.8) is 0 Å². The smallest absolute Gasteiger partial charge is 0.0977 e. The summed E-state index contributed by atoms with van der Waals surface area (Å²) in [5, 5.41) is 18.9. The molecule has 0 bridgehead atoms. The van der Waals surface area contributed by atoms with Crippen LogP contribution in [0.4, 0.5) is 0 Å². The fraction of sp³-hybridized carbons (Fsp3) is 0.889. The molecule has 0 heterocycles. The molecule has 120 valence electrons. The third kappa shape index (κ3) is 12.7.